The van der Waals surface area contributed by atoms with Gasteiger partial charge in [0.1, 0.15) is 12.7 Å². The highest BCUT2D eigenvalue weighted by atomic mass is 16.7. The molecule has 10 heteroatoms. The summed E-state index contributed by atoms with van der Waals surface area (Å²) in [4.78, 5) is 45.4. The lowest BCUT2D eigenvalue weighted by Crippen LogP contribution is -2.62. The third kappa shape index (κ3) is 6.31. The maximum Gasteiger partial charge on any atom is 0.303 e. The van der Waals surface area contributed by atoms with E-state index in [9.17, 15) is 19.2 Å². The third-order valence-electron chi connectivity index (χ3n) is 3.18. The van der Waals surface area contributed by atoms with Crippen LogP contribution < -0.4 is 0 Å². The molecular weight excluding hydrogens is 340 g/mol. The SMILES string of the molecule is CO[C@@H]1OC(COC(C)=O)[C@H](OC(C)=O)[C@H](OC(C)=O)C1OC(C)=O. The highest BCUT2D eigenvalue weighted by Gasteiger charge is 2.52. The second kappa shape index (κ2) is 9.33. The maximum absolute atomic E-state index is 11.5. The summed E-state index contributed by atoms with van der Waals surface area (Å²) >= 11 is 0. The van der Waals surface area contributed by atoms with Crippen LogP contribution in [0.4, 0.5) is 0 Å². The van der Waals surface area contributed by atoms with Crippen molar-refractivity contribution >= 4 is 23.9 Å². The van der Waals surface area contributed by atoms with Gasteiger partial charge in [-0.2, -0.15) is 0 Å². The highest BCUT2D eigenvalue weighted by Crippen LogP contribution is 2.29. The second-order valence-electron chi connectivity index (χ2n) is 5.30. The first-order chi connectivity index (χ1) is 11.6. The van der Waals surface area contributed by atoms with Crippen molar-refractivity contribution in [3.05, 3.63) is 0 Å². The van der Waals surface area contributed by atoms with Gasteiger partial charge in [-0.25, -0.2) is 0 Å². The van der Waals surface area contributed by atoms with Crippen LogP contribution in [0.1, 0.15) is 27.7 Å². The summed E-state index contributed by atoms with van der Waals surface area (Å²) < 4.78 is 31.1. The van der Waals surface area contributed by atoms with E-state index >= 15 is 0 Å². The van der Waals surface area contributed by atoms with Gasteiger partial charge >= 0.3 is 23.9 Å². The van der Waals surface area contributed by atoms with Crippen LogP contribution in [0.15, 0.2) is 0 Å². The van der Waals surface area contributed by atoms with E-state index in [0.29, 0.717) is 0 Å². The summed E-state index contributed by atoms with van der Waals surface area (Å²) in [5.41, 5.74) is 0. The molecule has 0 radical (unpaired) electrons. The van der Waals surface area contributed by atoms with Gasteiger partial charge < -0.3 is 28.4 Å². The van der Waals surface area contributed by atoms with Gasteiger partial charge in [0.15, 0.2) is 24.6 Å². The van der Waals surface area contributed by atoms with Crippen LogP contribution in [0.2, 0.25) is 0 Å². The number of ether oxygens (including phenoxy) is 6. The van der Waals surface area contributed by atoms with Gasteiger partial charge in [-0.05, 0) is 0 Å². The second-order valence-corrected chi connectivity index (χ2v) is 5.30. The van der Waals surface area contributed by atoms with E-state index in [0.717, 1.165) is 20.8 Å². The molecule has 1 aliphatic heterocycles. The third-order valence-corrected chi connectivity index (χ3v) is 3.18. The largest absolute Gasteiger partial charge is 0.463 e. The number of methoxy groups -OCH3 is 1. The molecular formula is C15H22O10. The van der Waals surface area contributed by atoms with Crippen LogP contribution in [0, 0.1) is 0 Å². The fourth-order valence-corrected chi connectivity index (χ4v) is 2.38. The Morgan fingerprint density at radius 1 is 0.760 bits per heavy atom. The van der Waals surface area contributed by atoms with Crippen molar-refractivity contribution in [2.75, 3.05) is 13.7 Å². The molecule has 0 aromatic rings. The molecule has 0 N–H and O–H groups in total. The lowest BCUT2D eigenvalue weighted by Gasteiger charge is -2.43. The molecule has 1 rings (SSSR count). The van der Waals surface area contributed by atoms with Gasteiger partial charge in [-0.15, -0.1) is 0 Å². The standard InChI is InChI=1S/C15H22O10/c1-7(16)21-6-11-12(22-8(2)17)13(23-9(3)18)14(24-10(4)19)15(20-5)25-11/h11-15H,6H2,1-5H3/t11?,12-,13-,14?,15+/m0/s1. The summed E-state index contributed by atoms with van der Waals surface area (Å²) in [6.07, 6.45) is -5.67. The molecule has 10 nitrogen and oxygen atoms in total. The van der Waals surface area contributed by atoms with Crippen molar-refractivity contribution < 1.29 is 47.6 Å². The molecule has 1 saturated heterocycles. The van der Waals surface area contributed by atoms with Gasteiger partial charge in [0.2, 0.25) is 0 Å². The van der Waals surface area contributed by atoms with Crippen molar-refractivity contribution in [1.29, 1.82) is 0 Å². The average Bonchev–Trinajstić information content (AvgIpc) is 2.48. The summed E-state index contributed by atoms with van der Waals surface area (Å²) in [5.74, 6) is -2.63. The Morgan fingerprint density at radius 2 is 1.24 bits per heavy atom. The maximum atomic E-state index is 11.5. The van der Waals surface area contributed by atoms with E-state index < -0.39 is 54.6 Å². The normalized spacial score (nSPS) is 28.6. The zero-order valence-corrected chi connectivity index (χ0v) is 14.7. The molecule has 2 unspecified atom stereocenters. The van der Waals surface area contributed by atoms with Gasteiger partial charge in [-0.1, -0.05) is 0 Å². The van der Waals surface area contributed by atoms with Crippen LogP contribution in [0.25, 0.3) is 0 Å². The highest BCUT2D eigenvalue weighted by molar-refractivity contribution is 5.68. The molecule has 0 aromatic heterocycles. The number of hydrogen-bond acceptors (Lipinski definition) is 10. The lowest BCUT2D eigenvalue weighted by molar-refractivity contribution is -0.302. The number of carbonyl (C=O) groups excluding carboxylic acids is 4. The van der Waals surface area contributed by atoms with Crippen molar-refractivity contribution in [3.63, 3.8) is 0 Å². The average molecular weight is 362 g/mol. The number of rotatable bonds is 6. The Kier molecular flexibility index (Phi) is 7.78. The Hall–Kier alpha value is -2.20. The Morgan fingerprint density at radius 3 is 1.68 bits per heavy atom. The van der Waals surface area contributed by atoms with E-state index in [1.54, 1.807) is 0 Å². The molecule has 0 bridgehead atoms. The van der Waals surface area contributed by atoms with Crippen LogP contribution in [0.5, 0.6) is 0 Å². The van der Waals surface area contributed by atoms with Crippen LogP contribution in [0.3, 0.4) is 0 Å². The Balaban J connectivity index is 3.18. The molecule has 25 heavy (non-hydrogen) atoms. The predicted molar refractivity (Wildman–Crippen MR) is 79.0 cm³/mol. The Bertz CT molecular complexity index is 516. The monoisotopic (exact) mass is 362 g/mol. The van der Waals surface area contributed by atoms with Gasteiger partial charge in [-0.3, -0.25) is 19.2 Å². The molecule has 142 valence electrons. The summed E-state index contributed by atoms with van der Waals surface area (Å²) in [5, 5.41) is 0. The van der Waals surface area contributed by atoms with E-state index in [-0.39, 0.29) is 6.61 Å². The van der Waals surface area contributed by atoms with E-state index in [1.165, 1.54) is 14.0 Å². The molecule has 0 spiro atoms. The topological polar surface area (TPSA) is 124 Å². The quantitative estimate of drug-likeness (QED) is 0.460. The van der Waals surface area contributed by atoms with Crippen molar-refractivity contribution in [2.45, 2.75) is 58.4 Å². The van der Waals surface area contributed by atoms with E-state index in [2.05, 4.69) is 0 Å². The molecule has 0 aliphatic carbocycles. The van der Waals surface area contributed by atoms with Gasteiger partial charge in [0, 0.05) is 34.8 Å². The summed E-state index contributed by atoms with van der Waals surface area (Å²) in [7, 11) is 1.29. The molecule has 1 heterocycles. The van der Waals surface area contributed by atoms with Crippen molar-refractivity contribution in [3.8, 4) is 0 Å². The first-order valence-electron chi connectivity index (χ1n) is 7.49. The minimum atomic E-state index is -1.20. The van der Waals surface area contributed by atoms with Crippen LogP contribution in [-0.4, -0.2) is 68.3 Å². The molecule has 0 amide bonds. The number of carbonyl (C=O) groups is 4. The zero-order valence-electron chi connectivity index (χ0n) is 14.7. The summed E-state index contributed by atoms with van der Waals surface area (Å²) in [6, 6.07) is 0. The number of hydrogen-bond donors (Lipinski definition) is 0. The van der Waals surface area contributed by atoms with Crippen molar-refractivity contribution in [2.24, 2.45) is 0 Å². The smallest absolute Gasteiger partial charge is 0.303 e. The molecule has 1 aliphatic rings. The van der Waals surface area contributed by atoms with Gasteiger partial charge in [0.05, 0.1) is 0 Å². The van der Waals surface area contributed by atoms with Crippen LogP contribution >= 0.6 is 0 Å². The lowest BCUT2D eigenvalue weighted by atomic mass is 9.98. The molecule has 0 saturated carbocycles. The Labute approximate surface area is 144 Å². The minimum absolute atomic E-state index is 0.280. The number of esters is 4. The fraction of sp³-hybridized carbons (Fsp3) is 0.733. The molecule has 5 atom stereocenters. The first kappa shape index (κ1) is 20.8. The van der Waals surface area contributed by atoms with E-state index in [1.807, 2.05) is 0 Å². The first-order valence-corrected chi connectivity index (χ1v) is 7.49. The van der Waals surface area contributed by atoms with Crippen LogP contribution in [-0.2, 0) is 47.6 Å². The summed E-state index contributed by atoms with van der Waals surface area (Å²) in [6.45, 7) is 4.37. The predicted octanol–water partition coefficient (Wildman–Crippen LogP) is -0.284. The van der Waals surface area contributed by atoms with Crippen molar-refractivity contribution in [1.82, 2.24) is 0 Å². The molecule has 1 fully saturated rings. The zero-order chi connectivity index (χ0) is 19.1. The minimum Gasteiger partial charge on any atom is -0.463 e. The fourth-order valence-electron chi connectivity index (χ4n) is 2.38. The van der Waals surface area contributed by atoms with E-state index in [4.69, 9.17) is 28.4 Å². The molecule has 0 aromatic carbocycles. The van der Waals surface area contributed by atoms with Gasteiger partial charge in [0.25, 0.3) is 0 Å².